The molecule has 2 aromatic rings. The first-order valence-electron chi connectivity index (χ1n) is 5.42. The van der Waals surface area contributed by atoms with Crippen LogP contribution in [-0.2, 0) is 6.54 Å². The van der Waals surface area contributed by atoms with Crippen LogP contribution in [0.4, 0.5) is 0 Å². The molecule has 0 saturated heterocycles. The van der Waals surface area contributed by atoms with Crippen molar-refractivity contribution < 1.29 is 0 Å². The molecule has 0 saturated carbocycles. The van der Waals surface area contributed by atoms with Gasteiger partial charge in [0, 0.05) is 25.1 Å². The van der Waals surface area contributed by atoms with E-state index in [9.17, 15) is 0 Å². The van der Waals surface area contributed by atoms with Crippen molar-refractivity contribution in [1.82, 2.24) is 25.1 Å². The lowest BCUT2D eigenvalue weighted by Crippen LogP contribution is -2.15. The number of hydrogen-bond acceptors (Lipinski definition) is 4. The molecule has 0 aromatic carbocycles. The fourth-order valence-corrected chi connectivity index (χ4v) is 1.39. The third kappa shape index (κ3) is 2.64. The third-order valence-corrected chi connectivity index (χ3v) is 2.14. The van der Waals surface area contributed by atoms with Gasteiger partial charge in [0.1, 0.15) is 0 Å². The summed E-state index contributed by atoms with van der Waals surface area (Å²) in [6.45, 7) is 3.88. The van der Waals surface area contributed by atoms with Crippen molar-refractivity contribution in [1.29, 1.82) is 0 Å². The molecule has 0 aliphatic heterocycles. The summed E-state index contributed by atoms with van der Waals surface area (Å²) < 4.78 is 1.70. The second kappa shape index (κ2) is 5.37. The van der Waals surface area contributed by atoms with Crippen LogP contribution in [0.5, 0.6) is 0 Å². The van der Waals surface area contributed by atoms with Crippen LogP contribution in [0.3, 0.4) is 0 Å². The first kappa shape index (κ1) is 10.8. The zero-order valence-electron chi connectivity index (χ0n) is 9.30. The lowest BCUT2D eigenvalue weighted by atomic mass is 10.4. The van der Waals surface area contributed by atoms with Gasteiger partial charge in [0.05, 0.1) is 11.9 Å². The third-order valence-electron chi connectivity index (χ3n) is 2.14. The highest BCUT2D eigenvalue weighted by atomic mass is 15.3. The van der Waals surface area contributed by atoms with Gasteiger partial charge in [0.2, 0.25) is 0 Å². The highest BCUT2D eigenvalue weighted by Crippen LogP contribution is 2.01. The van der Waals surface area contributed by atoms with Gasteiger partial charge in [0.15, 0.2) is 5.82 Å². The van der Waals surface area contributed by atoms with Gasteiger partial charge in [-0.15, -0.1) is 0 Å². The minimum absolute atomic E-state index is 0.746. The Morgan fingerprint density at radius 3 is 3.06 bits per heavy atom. The van der Waals surface area contributed by atoms with Gasteiger partial charge in [-0.3, -0.25) is 4.98 Å². The molecule has 5 heteroatoms. The van der Waals surface area contributed by atoms with Crippen LogP contribution in [0.15, 0.2) is 30.9 Å². The van der Waals surface area contributed by atoms with Gasteiger partial charge in [-0.25, -0.2) is 9.67 Å². The Bertz CT molecular complexity index is 424. The molecule has 0 aliphatic rings. The molecule has 0 radical (unpaired) electrons. The molecule has 0 atom stereocenters. The van der Waals surface area contributed by atoms with Gasteiger partial charge in [-0.05, 0) is 19.0 Å². The zero-order valence-corrected chi connectivity index (χ0v) is 9.30. The van der Waals surface area contributed by atoms with Crippen LogP contribution in [0.25, 0.3) is 5.82 Å². The van der Waals surface area contributed by atoms with Gasteiger partial charge in [-0.1, -0.05) is 6.92 Å². The quantitative estimate of drug-likeness (QED) is 0.764. The number of hydrogen-bond donors (Lipinski definition) is 1. The average molecular weight is 217 g/mol. The van der Waals surface area contributed by atoms with E-state index in [0.717, 1.165) is 31.0 Å². The van der Waals surface area contributed by atoms with E-state index in [-0.39, 0.29) is 0 Å². The van der Waals surface area contributed by atoms with Crippen LogP contribution in [0.1, 0.15) is 19.0 Å². The van der Waals surface area contributed by atoms with E-state index in [1.54, 1.807) is 23.3 Å². The number of nitrogens with zero attached hydrogens (tertiary/aromatic N) is 4. The molecule has 5 nitrogen and oxygen atoms in total. The van der Waals surface area contributed by atoms with E-state index in [1.807, 2.05) is 12.3 Å². The number of aromatic nitrogens is 4. The summed E-state index contributed by atoms with van der Waals surface area (Å²) in [5.41, 5.74) is 0.932. The van der Waals surface area contributed by atoms with Crippen LogP contribution >= 0.6 is 0 Å². The average Bonchev–Trinajstić information content (AvgIpc) is 2.83. The maximum atomic E-state index is 4.46. The minimum atomic E-state index is 0.746. The molecule has 0 amide bonds. The predicted molar refractivity (Wildman–Crippen MR) is 61.2 cm³/mol. The van der Waals surface area contributed by atoms with E-state index in [1.165, 1.54) is 0 Å². The molecule has 0 unspecified atom stereocenters. The normalized spacial score (nSPS) is 10.6. The van der Waals surface area contributed by atoms with Crippen LogP contribution in [0, 0.1) is 0 Å². The Labute approximate surface area is 94.5 Å². The Morgan fingerprint density at radius 1 is 1.38 bits per heavy atom. The maximum absolute atomic E-state index is 4.46. The van der Waals surface area contributed by atoms with Gasteiger partial charge >= 0.3 is 0 Å². The fourth-order valence-electron chi connectivity index (χ4n) is 1.39. The van der Waals surface area contributed by atoms with Crippen molar-refractivity contribution in [2.75, 3.05) is 6.54 Å². The molecule has 2 rings (SSSR count). The highest BCUT2D eigenvalue weighted by Gasteiger charge is 2.00. The van der Waals surface area contributed by atoms with Crippen molar-refractivity contribution in [2.24, 2.45) is 0 Å². The van der Waals surface area contributed by atoms with E-state index in [2.05, 4.69) is 27.3 Å². The van der Waals surface area contributed by atoms with Crippen molar-refractivity contribution >= 4 is 0 Å². The maximum Gasteiger partial charge on any atom is 0.172 e. The molecule has 1 N–H and O–H groups in total. The summed E-state index contributed by atoms with van der Waals surface area (Å²) in [6, 6.07) is 1.86. The summed E-state index contributed by atoms with van der Waals surface area (Å²) >= 11 is 0. The Hall–Kier alpha value is -1.75. The molecule has 16 heavy (non-hydrogen) atoms. The fraction of sp³-hybridized carbons (Fsp3) is 0.364. The molecule has 0 bridgehead atoms. The summed E-state index contributed by atoms with van der Waals surface area (Å²) in [4.78, 5) is 8.62. The Balaban J connectivity index is 2.08. The summed E-state index contributed by atoms with van der Waals surface area (Å²) in [5.74, 6) is 0.751. The first-order valence-corrected chi connectivity index (χ1v) is 5.42. The number of nitrogens with one attached hydrogen (secondary N) is 1. The predicted octanol–water partition coefficient (Wildman–Crippen LogP) is 1.16. The Morgan fingerprint density at radius 2 is 2.31 bits per heavy atom. The summed E-state index contributed by atoms with van der Waals surface area (Å²) in [6.07, 6.45) is 8.18. The van der Waals surface area contributed by atoms with Gasteiger partial charge in [-0.2, -0.15) is 5.10 Å². The van der Waals surface area contributed by atoms with E-state index >= 15 is 0 Å². The SMILES string of the molecule is CCCNCc1cncc(-n2cccn2)n1. The standard InChI is InChI=1S/C11H15N5/c1-2-4-12-7-10-8-13-9-11(15-10)16-6-3-5-14-16/h3,5-6,8-9,12H,2,4,7H2,1H3. The van der Waals surface area contributed by atoms with Crippen molar-refractivity contribution in [3.63, 3.8) is 0 Å². The molecule has 0 aliphatic carbocycles. The largest absolute Gasteiger partial charge is 0.311 e. The lowest BCUT2D eigenvalue weighted by Gasteiger charge is -2.04. The van der Waals surface area contributed by atoms with Crippen LogP contribution < -0.4 is 5.32 Å². The van der Waals surface area contributed by atoms with Crippen molar-refractivity contribution in [2.45, 2.75) is 19.9 Å². The smallest absolute Gasteiger partial charge is 0.172 e. The summed E-state index contributed by atoms with van der Waals surface area (Å²) in [7, 11) is 0. The molecule has 2 heterocycles. The second-order valence-corrected chi connectivity index (χ2v) is 3.50. The molecule has 0 fully saturated rings. The molecule has 2 aromatic heterocycles. The molecule has 0 spiro atoms. The van der Waals surface area contributed by atoms with E-state index in [0.29, 0.717) is 0 Å². The molecular formula is C11H15N5. The van der Waals surface area contributed by atoms with Crippen molar-refractivity contribution in [3.8, 4) is 5.82 Å². The van der Waals surface area contributed by atoms with E-state index < -0.39 is 0 Å². The Kier molecular flexibility index (Phi) is 3.61. The minimum Gasteiger partial charge on any atom is -0.311 e. The lowest BCUT2D eigenvalue weighted by molar-refractivity contribution is 0.658. The van der Waals surface area contributed by atoms with Crippen LogP contribution in [0.2, 0.25) is 0 Å². The summed E-state index contributed by atoms with van der Waals surface area (Å²) in [5, 5.41) is 7.41. The molecule has 84 valence electrons. The van der Waals surface area contributed by atoms with E-state index in [4.69, 9.17) is 0 Å². The number of rotatable bonds is 5. The van der Waals surface area contributed by atoms with Crippen molar-refractivity contribution in [3.05, 3.63) is 36.5 Å². The topological polar surface area (TPSA) is 55.6 Å². The van der Waals surface area contributed by atoms with Gasteiger partial charge in [0.25, 0.3) is 0 Å². The highest BCUT2D eigenvalue weighted by molar-refractivity contribution is 5.18. The monoisotopic (exact) mass is 217 g/mol. The first-order chi connectivity index (χ1) is 7.90. The molecular weight excluding hydrogens is 202 g/mol. The zero-order chi connectivity index (χ0) is 11.2. The van der Waals surface area contributed by atoms with Gasteiger partial charge < -0.3 is 5.32 Å². The van der Waals surface area contributed by atoms with Crippen LogP contribution in [-0.4, -0.2) is 26.3 Å². The second-order valence-electron chi connectivity index (χ2n) is 3.50.